The van der Waals surface area contributed by atoms with Gasteiger partial charge in [0.05, 0.1) is 19.3 Å². The van der Waals surface area contributed by atoms with E-state index in [-0.39, 0.29) is 36.1 Å². The molecule has 5 nitrogen and oxygen atoms in total. The molecule has 1 saturated heterocycles. The Morgan fingerprint density at radius 2 is 2.00 bits per heavy atom. The fourth-order valence-corrected chi connectivity index (χ4v) is 2.82. The zero-order valence-corrected chi connectivity index (χ0v) is 15.4. The van der Waals surface area contributed by atoms with Crippen LogP contribution in [0, 0.1) is 0 Å². The van der Waals surface area contributed by atoms with Crippen LogP contribution in [0.15, 0.2) is 30.3 Å². The number of nitrogens with two attached hydrogens (primary N) is 1. The van der Waals surface area contributed by atoms with E-state index >= 15 is 0 Å². The number of halogens is 1. The van der Waals surface area contributed by atoms with Crippen molar-refractivity contribution in [1.82, 2.24) is 0 Å². The van der Waals surface area contributed by atoms with E-state index in [1.807, 2.05) is 23.5 Å². The third-order valence-corrected chi connectivity index (χ3v) is 4.15. The number of benzene rings is 1. The highest BCUT2D eigenvalue weighted by atomic mass is 35.5. The van der Waals surface area contributed by atoms with Crippen molar-refractivity contribution in [2.45, 2.75) is 51.0 Å². The lowest BCUT2D eigenvalue weighted by molar-refractivity contribution is -0.661. The van der Waals surface area contributed by atoms with E-state index in [0.717, 1.165) is 13.0 Å². The Morgan fingerprint density at radius 1 is 1.29 bits per heavy atom. The van der Waals surface area contributed by atoms with E-state index in [1.54, 1.807) is 0 Å². The number of ether oxygens (including phenoxy) is 3. The highest BCUT2D eigenvalue weighted by Crippen LogP contribution is 2.20. The molecular weight excluding hydrogens is 330 g/mol. The molecule has 1 aliphatic rings. The maximum absolute atomic E-state index is 11.5. The van der Waals surface area contributed by atoms with E-state index in [0.29, 0.717) is 19.6 Å². The van der Waals surface area contributed by atoms with Crippen LogP contribution in [-0.2, 0) is 25.6 Å². The predicted molar refractivity (Wildman–Crippen MR) is 86.9 cm³/mol. The third kappa shape index (κ3) is 6.77. The summed E-state index contributed by atoms with van der Waals surface area (Å²) in [5.41, 5.74) is 0.915. The van der Waals surface area contributed by atoms with E-state index in [2.05, 4.69) is 26.0 Å². The minimum absolute atomic E-state index is 0. The lowest BCUT2D eigenvalue weighted by Crippen LogP contribution is -3.00. The van der Waals surface area contributed by atoms with Gasteiger partial charge in [-0.15, -0.1) is 0 Å². The van der Waals surface area contributed by atoms with Crippen molar-refractivity contribution >= 4 is 5.97 Å². The van der Waals surface area contributed by atoms with Crippen molar-refractivity contribution in [3.05, 3.63) is 35.9 Å². The number of hydrogen-bond donors (Lipinski definition) is 1. The minimum atomic E-state index is -0.264. The van der Waals surface area contributed by atoms with Crippen LogP contribution >= 0.6 is 0 Å². The van der Waals surface area contributed by atoms with Crippen molar-refractivity contribution in [1.29, 1.82) is 0 Å². The van der Waals surface area contributed by atoms with Crippen molar-refractivity contribution in [3.8, 4) is 0 Å². The SMILES string of the molecule is COC(=O)[C@@H]1C[C@@H](OC(C)(C)CCOCc2ccccc2)C[NH2+]1.[Cl-]. The molecule has 2 N–H and O–H groups in total. The number of quaternary nitrogens is 1. The highest BCUT2D eigenvalue weighted by Gasteiger charge is 2.37. The molecule has 1 fully saturated rings. The number of carbonyl (C=O) groups excluding carboxylic acids is 1. The molecule has 0 unspecified atom stereocenters. The van der Waals surface area contributed by atoms with Gasteiger partial charge in [-0.1, -0.05) is 30.3 Å². The lowest BCUT2D eigenvalue weighted by Gasteiger charge is -2.28. The molecule has 24 heavy (non-hydrogen) atoms. The Kier molecular flexibility index (Phi) is 8.70. The Hall–Kier alpha value is -1.14. The van der Waals surface area contributed by atoms with Gasteiger partial charge < -0.3 is 31.9 Å². The second kappa shape index (κ2) is 9.99. The quantitative estimate of drug-likeness (QED) is 0.444. The summed E-state index contributed by atoms with van der Waals surface area (Å²) in [7, 11) is 1.43. The molecule has 0 spiro atoms. The zero-order valence-electron chi connectivity index (χ0n) is 14.7. The summed E-state index contributed by atoms with van der Waals surface area (Å²) in [5.74, 6) is -0.167. The maximum Gasteiger partial charge on any atom is 0.364 e. The summed E-state index contributed by atoms with van der Waals surface area (Å²) >= 11 is 0. The van der Waals surface area contributed by atoms with Gasteiger partial charge in [-0.3, -0.25) is 0 Å². The summed E-state index contributed by atoms with van der Waals surface area (Å²) in [5, 5.41) is 2.00. The van der Waals surface area contributed by atoms with Crippen LogP contribution in [0.2, 0.25) is 0 Å². The number of methoxy groups -OCH3 is 1. The molecule has 0 amide bonds. The fraction of sp³-hybridized carbons (Fsp3) is 0.611. The molecule has 2 atom stereocenters. The molecule has 1 aliphatic heterocycles. The molecule has 1 aromatic carbocycles. The lowest BCUT2D eigenvalue weighted by atomic mass is 10.0. The molecule has 0 aromatic heterocycles. The Labute approximate surface area is 150 Å². The van der Waals surface area contributed by atoms with Crippen LogP contribution in [0.25, 0.3) is 0 Å². The van der Waals surface area contributed by atoms with Gasteiger partial charge in [0.1, 0.15) is 12.6 Å². The Bertz CT molecular complexity index is 495. The summed E-state index contributed by atoms with van der Waals surface area (Å²) < 4.78 is 16.7. The number of carbonyl (C=O) groups is 1. The van der Waals surface area contributed by atoms with Crippen molar-refractivity contribution in [2.75, 3.05) is 20.3 Å². The minimum Gasteiger partial charge on any atom is -1.00 e. The first kappa shape index (κ1) is 20.9. The molecule has 0 saturated carbocycles. The summed E-state index contributed by atoms with van der Waals surface area (Å²) in [6.07, 6.45) is 1.61. The number of hydrogen-bond acceptors (Lipinski definition) is 4. The average Bonchev–Trinajstić information content (AvgIpc) is 2.99. The Balaban J connectivity index is 0.00000288. The van der Waals surface area contributed by atoms with E-state index in [4.69, 9.17) is 14.2 Å². The van der Waals surface area contributed by atoms with Crippen molar-refractivity contribution in [3.63, 3.8) is 0 Å². The van der Waals surface area contributed by atoms with Crippen molar-refractivity contribution in [2.24, 2.45) is 0 Å². The van der Waals surface area contributed by atoms with E-state index in [9.17, 15) is 4.79 Å². The first-order chi connectivity index (χ1) is 11.0. The van der Waals surface area contributed by atoms with Gasteiger partial charge in [0.2, 0.25) is 0 Å². The first-order valence-electron chi connectivity index (χ1n) is 8.21. The topological polar surface area (TPSA) is 61.4 Å². The van der Waals surface area contributed by atoms with Gasteiger partial charge in [0.15, 0.2) is 6.04 Å². The molecule has 1 heterocycles. The van der Waals surface area contributed by atoms with Crippen LogP contribution in [0.1, 0.15) is 32.3 Å². The molecule has 6 heteroatoms. The Morgan fingerprint density at radius 3 is 2.67 bits per heavy atom. The monoisotopic (exact) mass is 357 g/mol. The first-order valence-corrected chi connectivity index (χ1v) is 8.21. The largest absolute Gasteiger partial charge is 1.00 e. The third-order valence-electron chi connectivity index (χ3n) is 4.15. The molecule has 1 aromatic rings. The predicted octanol–water partition coefficient (Wildman–Crippen LogP) is -1.73. The molecule has 0 radical (unpaired) electrons. The second-order valence-electron chi connectivity index (χ2n) is 6.62. The number of esters is 1. The fourth-order valence-electron chi connectivity index (χ4n) is 2.82. The van der Waals surface area contributed by atoms with Gasteiger partial charge in [0, 0.05) is 13.0 Å². The normalized spacial score (nSPS) is 20.5. The van der Waals surface area contributed by atoms with Gasteiger partial charge in [-0.2, -0.15) is 0 Å². The molecular formula is C18H28ClNO4. The van der Waals surface area contributed by atoms with Gasteiger partial charge >= 0.3 is 5.97 Å². The molecule has 2 rings (SSSR count). The smallest absolute Gasteiger partial charge is 0.364 e. The maximum atomic E-state index is 11.5. The van der Waals surface area contributed by atoms with E-state index < -0.39 is 0 Å². The highest BCUT2D eigenvalue weighted by molar-refractivity contribution is 5.74. The molecule has 0 aliphatic carbocycles. The van der Waals surface area contributed by atoms with Gasteiger partial charge in [-0.25, -0.2) is 4.79 Å². The van der Waals surface area contributed by atoms with E-state index in [1.165, 1.54) is 12.7 Å². The zero-order chi connectivity index (χ0) is 16.7. The van der Waals surface area contributed by atoms with Crippen LogP contribution in [0.5, 0.6) is 0 Å². The molecule has 136 valence electrons. The van der Waals surface area contributed by atoms with Crippen LogP contribution in [0.4, 0.5) is 0 Å². The molecule has 0 bridgehead atoms. The number of rotatable bonds is 8. The standard InChI is InChI=1S/C18H27NO4.ClH/c1-18(2,9-10-22-13-14-7-5-4-6-8-14)23-15-11-16(19-12-15)17(20)21-3;/h4-8,15-16,19H,9-13H2,1-3H3;1H/t15-,16+;/m1./s1. The summed E-state index contributed by atoms with van der Waals surface area (Å²) in [6.45, 7) is 6.22. The van der Waals surface area contributed by atoms with Gasteiger partial charge in [0.25, 0.3) is 0 Å². The van der Waals surface area contributed by atoms with Crippen LogP contribution in [0.3, 0.4) is 0 Å². The van der Waals surface area contributed by atoms with Crippen LogP contribution in [-0.4, -0.2) is 44.0 Å². The van der Waals surface area contributed by atoms with Gasteiger partial charge in [-0.05, 0) is 25.8 Å². The summed E-state index contributed by atoms with van der Waals surface area (Å²) in [6, 6.07) is 10.0. The summed E-state index contributed by atoms with van der Waals surface area (Å²) in [4.78, 5) is 11.5. The second-order valence-corrected chi connectivity index (χ2v) is 6.62. The van der Waals surface area contributed by atoms with Crippen LogP contribution < -0.4 is 17.7 Å². The average molecular weight is 358 g/mol. The van der Waals surface area contributed by atoms with Crippen molar-refractivity contribution < 1.29 is 36.7 Å².